The van der Waals surface area contributed by atoms with Gasteiger partial charge >= 0.3 is 6.03 Å². The Morgan fingerprint density at radius 3 is 3.21 bits per heavy atom. The molecule has 0 bridgehead atoms. The van der Waals surface area contributed by atoms with Gasteiger partial charge < -0.3 is 9.88 Å². The summed E-state index contributed by atoms with van der Waals surface area (Å²) < 4.78 is 1.74. The molecular formula is C16H21N7O. The van der Waals surface area contributed by atoms with Gasteiger partial charge in [0.1, 0.15) is 5.82 Å². The molecule has 2 N–H and O–H groups in total. The molecule has 8 nitrogen and oxygen atoms in total. The number of H-pyrrole nitrogens is 1. The second kappa shape index (κ2) is 7.64. The zero-order valence-electron chi connectivity index (χ0n) is 13.5. The molecule has 1 unspecified atom stereocenters. The number of hydrogen-bond donors (Lipinski definition) is 2. The normalized spacial score (nSPS) is 17.5. The number of nitriles is 1. The van der Waals surface area contributed by atoms with Crippen molar-refractivity contribution >= 4 is 11.8 Å². The number of amides is 2. The molecule has 0 radical (unpaired) electrons. The van der Waals surface area contributed by atoms with Crippen LogP contribution in [0.25, 0.3) is 0 Å². The second-order valence-electron chi connectivity index (χ2n) is 5.84. The molecule has 1 fully saturated rings. The highest BCUT2D eigenvalue weighted by molar-refractivity contribution is 5.88. The average Bonchev–Trinajstić information content (AvgIpc) is 3.27. The van der Waals surface area contributed by atoms with Crippen LogP contribution >= 0.6 is 0 Å². The first kappa shape index (κ1) is 16.1. The van der Waals surface area contributed by atoms with Gasteiger partial charge in [-0.05, 0) is 25.7 Å². The number of unbranched alkanes of at least 4 members (excludes halogenated alkanes) is 1. The van der Waals surface area contributed by atoms with Crippen molar-refractivity contribution in [2.45, 2.75) is 44.7 Å². The zero-order chi connectivity index (χ0) is 16.8. The first-order chi connectivity index (χ1) is 11.8. The number of nitrogens with one attached hydrogen (secondary N) is 2. The number of carbonyl (C=O) groups excluding carboxylic acids is 1. The lowest BCUT2D eigenvalue weighted by molar-refractivity contribution is 0.159. The molecule has 0 spiro atoms. The van der Waals surface area contributed by atoms with Crippen LogP contribution < -0.4 is 5.32 Å². The van der Waals surface area contributed by atoms with Crippen molar-refractivity contribution in [1.29, 1.82) is 5.26 Å². The van der Waals surface area contributed by atoms with Gasteiger partial charge in [0.2, 0.25) is 0 Å². The summed E-state index contributed by atoms with van der Waals surface area (Å²) in [6, 6.07) is 3.71. The van der Waals surface area contributed by atoms with Crippen molar-refractivity contribution < 1.29 is 4.79 Å². The summed E-state index contributed by atoms with van der Waals surface area (Å²) >= 11 is 0. The Kier molecular flexibility index (Phi) is 5.11. The number of anilines is 1. The number of likely N-dealkylation sites (tertiary alicyclic amines) is 1. The molecule has 3 heterocycles. The quantitative estimate of drug-likeness (QED) is 0.824. The Hall–Kier alpha value is -2.82. The highest BCUT2D eigenvalue weighted by atomic mass is 16.2. The van der Waals surface area contributed by atoms with Gasteiger partial charge in [-0.15, -0.1) is 0 Å². The fraction of sp³-hybridized carbons (Fsp3) is 0.500. The third-order valence-electron chi connectivity index (χ3n) is 4.15. The number of aryl methyl sites for hydroxylation is 1. The monoisotopic (exact) mass is 327 g/mol. The summed E-state index contributed by atoms with van der Waals surface area (Å²) in [7, 11) is 0. The van der Waals surface area contributed by atoms with E-state index in [1.807, 2.05) is 11.1 Å². The van der Waals surface area contributed by atoms with E-state index in [9.17, 15) is 4.79 Å². The van der Waals surface area contributed by atoms with E-state index in [1.54, 1.807) is 23.1 Å². The molecule has 1 atom stereocenters. The third-order valence-corrected chi connectivity index (χ3v) is 4.15. The fourth-order valence-electron chi connectivity index (χ4n) is 2.97. The number of aromatic nitrogens is 4. The Balaban J connectivity index is 1.62. The molecule has 1 aliphatic rings. The molecule has 1 aliphatic heterocycles. The number of aromatic amines is 1. The van der Waals surface area contributed by atoms with Crippen LogP contribution in [0.2, 0.25) is 0 Å². The molecule has 2 aromatic heterocycles. The zero-order valence-corrected chi connectivity index (χ0v) is 13.5. The van der Waals surface area contributed by atoms with E-state index in [0.29, 0.717) is 25.3 Å². The molecule has 2 amide bonds. The van der Waals surface area contributed by atoms with Crippen molar-refractivity contribution in [3.05, 3.63) is 30.5 Å². The van der Waals surface area contributed by atoms with Crippen molar-refractivity contribution in [3.8, 4) is 6.07 Å². The summed E-state index contributed by atoms with van der Waals surface area (Å²) in [5, 5.41) is 15.8. The van der Waals surface area contributed by atoms with Crippen LogP contribution in [0.3, 0.4) is 0 Å². The van der Waals surface area contributed by atoms with E-state index in [-0.39, 0.29) is 12.1 Å². The van der Waals surface area contributed by atoms with Crippen molar-refractivity contribution in [2.75, 3.05) is 11.9 Å². The number of rotatable bonds is 5. The highest BCUT2D eigenvalue weighted by Crippen LogP contribution is 2.29. The molecule has 0 saturated carbocycles. The summed E-state index contributed by atoms with van der Waals surface area (Å²) in [4.78, 5) is 21.9. The molecule has 1 saturated heterocycles. The van der Waals surface area contributed by atoms with Gasteiger partial charge in [-0.1, -0.05) is 0 Å². The predicted octanol–water partition coefficient (Wildman–Crippen LogP) is 2.67. The maximum atomic E-state index is 12.6. The summed E-state index contributed by atoms with van der Waals surface area (Å²) in [6.45, 7) is 1.38. The van der Waals surface area contributed by atoms with E-state index in [4.69, 9.17) is 5.26 Å². The van der Waals surface area contributed by atoms with Gasteiger partial charge in [-0.2, -0.15) is 10.4 Å². The van der Waals surface area contributed by atoms with Crippen LogP contribution in [0.5, 0.6) is 0 Å². The minimum absolute atomic E-state index is 0.0218. The smallest absolute Gasteiger partial charge is 0.323 e. The van der Waals surface area contributed by atoms with Crippen molar-refractivity contribution in [3.63, 3.8) is 0 Å². The van der Waals surface area contributed by atoms with Gasteiger partial charge in [0.15, 0.2) is 5.82 Å². The lowest BCUT2D eigenvalue weighted by Gasteiger charge is -2.34. The Bertz CT molecular complexity index is 700. The largest absolute Gasteiger partial charge is 0.347 e. The SMILES string of the molecule is N#CCCCn1ccc(NC(=O)N2CCCCC2c2ncc[nH]2)n1. The molecular weight excluding hydrogens is 306 g/mol. The number of nitrogens with zero attached hydrogens (tertiary/aromatic N) is 5. The third kappa shape index (κ3) is 3.74. The number of urea groups is 1. The number of imidazole rings is 1. The molecule has 8 heteroatoms. The highest BCUT2D eigenvalue weighted by Gasteiger charge is 2.29. The van der Waals surface area contributed by atoms with Gasteiger partial charge in [0, 0.05) is 44.2 Å². The van der Waals surface area contributed by atoms with Gasteiger partial charge in [0.05, 0.1) is 12.1 Å². The van der Waals surface area contributed by atoms with Crippen LogP contribution in [-0.2, 0) is 6.54 Å². The van der Waals surface area contributed by atoms with Gasteiger partial charge in [0.25, 0.3) is 0 Å². The molecule has 2 aromatic rings. The summed E-state index contributed by atoms with van der Waals surface area (Å²) in [5.41, 5.74) is 0. The maximum Gasteiger partial charge on any atom is 0.323 e. The van der Waals surface area contributed by atoms with Crippen LogP contribution in [0.15, 0.2) is 24.7 Å². The summed E-state index contributed by atoms with van der Waals surface area (Å²) in [5.74, 6) is 1.35. The Morgan fingerprint density at radius 1 is 1.50 bits per heavy atom. The molecule has 0 aliphatic carbocycles. The standard InChI is InChI=1S/C16H21N7O/c17-7-2-4-10-22-12-6-14(21-22)20-16(24)23-11-3-1-5-13(23)15-18-8-9-19-15/h6,8-9,12-13H,1-5,10-11H2,(H,18,19)(H,20,21,24). The first-order valence-electron chi connectivity index (χ1n) is 8.25. The van der Waals surface area contributed by atoms with Gasteiger partial charge in [-0.25, -0.2) is 9.78 Å². The van der Waals surface area contributed by atoms with E-state index in [2.05, 4.69) is 26.5 Å². The average molecular weight is 327 g/mol. The van der Waals surface area contributed by atoms with E-state index in [0.717, 1.165) is 31.5 Å². The van der Waals surface area contributed by atoms with Crippen molar-refractivity contribution in [1.82, 2.24) is 24.6 Å². The molecule has 3 rings (SSSR count). The molecule has 0 aromatic carbocycles. The number of carbonyl (C=O) groups is 1. The molecule has 126 valence electrons. The minimum Gasteiger partial charge on any atom is -0.347 e. The lowest BCUT2D eigenvalue weighted by Crippen LogP contribution is -2.41. The molecule has 24 heavy (non-hydrogen) atoms. The van der Waals surface area contributed by atoms with Crippen LogP contribution in [0.1, 0.15) is 44.0 Å². The van der Waals surface area contributed by atoms with E-state index in [1.165, 1.54) is 0 Å². The first-order valence-corrected chi connectivity index (χ1v) is 8.25. The maximum absolute atomic E-state index is 12.6. The van der Waals surface area contributed by atoms with E-state index < -0.39 is 0 Å². The topological polar surface area (TPSA) is 103 Å². The van der Waals surface area contributed by atoms with Crippen LogP contribution in [-0.4, -0.2) is 37.2 Å². The Morgan fingerprint density at radius 2 is 2.42 bits per heavy atom. The minimum atomic E-state index is -0.154. The predicted molar refractivity (Wildman–Crippen MR) is 88.0 cm³/mol. The van der Waals surface area contributed by atoms with Gasteiger partial charge in [-0.3, -0.25) is 10.00 Å². The number of piperidine rings is 1. The van der Waals surface area contributed by atoms with E-state index >= 15 is 0 Å². The number of hydrogen-bond acceptors (Lipinski definition) is 4. The Labute approximate surface area is 140 Å². The van der Waals surface area contributed by atoms with Crippen LogP contribution in [0.4, 0.5) is 10.6 Å². The second-order valence-corrected chi connectivity index (χ2v) is 5.84. The van der Waals surface area contributed by atoms with Crippen molar-refractivity contribution in [2.24, 2.45) is 0 Å². The van der Waals surface area contributed by atoms with Crippen LogP contribution in [0, 0.1) is 11.3 Å². The fourth-order valence-corrected chi connectivity index (χ4v) is 2.97. The summed E-state index contributed by atoms with van der Waals surface area (Å²) in [6.07, 6.45) is 9.54. The lowest BCUT2D eigenvalue weighted by atomic mass is 10.0.